The Bertz CT molecular complexity index is 935. The second kappa shape index (κ2) is 9.38. The second-order valence-corrected chi connectivity index (χ2v) is 8.12. The number of rotatable bonds is 8. The summed E-state index contributed by atoms with van der Waals surface area (Å²) in [7, 11) is -2.45. The normalized spacial score (nSPS) is 14.8. The molecule has 0 radical (unpaired) electrons. The van der Waals surface area contributed by atoms with Crippen LogP contribution in [0.4, 0.5) is 20.2 Å². The monoisotopic (exact) mass is 427 g/mol. The lowest BCUT2D eigenvalue weighted by atomic mass is 10.1. The Balaban J connectivity index is 1.93. The van der Waals surface area contributed by atoms with Crippen molar-refractivity contribution >= 4 is 21.4 Å². The summed E-state index contributed by atoms with van der Waals surface area (Å²) >= 11 is 0. The van der Waals surface area contributed by atoms with Gasteiger partial charge in [0.25, 0.3) is 10.0 Å². The summed E-state index contributed by atoms with van der Waals surface area (Å²) in [6.45, 7) is 0.337. The van der Waals surface area contributed by atoms with Gasteiger partial charge in [0.05, 0.1) is 17.2 Å². The minimum atomic E-state index is -4.02. The number of nitrogens with zero attached hydrogens (tertiary/aromatic N) is 1. The predicted molar refractivity (Wildman–Crippen MR) is 106 cm³/mol. The summed E-state index contributed by atoms with van der Waals surface area (Å²) in [6, 6.07) is 10.4. The van der Waals surface area contributed by atoms with Crippen LogP contribution >= 0.6 is 0 Å². The molecule has 0 aromatic heterocycles. The fourth-order valence-electron chi connectivity index (χ4n) is 3.14. The van der Waals surface area contributed by atoms with E-state index in [9.17, 15) is 17.2 Å². The molecular formula is C19H23F2N3O4S. The standard InChI is InChI=1S/C19H23F2N3O4S/c1-27-13-14-6-7-15(12-17(14)24-10-8-22-9-11-24)29(25,26)23-16-4-2-3-5-18(16)28-19(20)21/h2-7,12,19,22-23H,8-11,13H2,1H3. The molecule has 10 heteroatoms. The van der Waals surface area contributed by atoms with Gasteiger partial charge >= 0.3 is 6.61 Å². The zero-order valence-corrected chi connectivity index (χ0v) is 16.7. The number of alkyl halides is 2. The Kier molecular flexibility index (Phi) is 6.88. The molecular weight excluding hydrogens is 404 g/mol. The molecule has 0 spiro atoms. The van der Waals surface area contributed by atoms with E-state index in [0.29, 0.717) is 6.61 Å². The van der Waals surface area contributed by atoms with Gasteiger partial charge in [0.2, 0.25) is 0 Å². The van der Waals surface area contributed by atoms with Crippen molar-refractivity contribution in [2.45, 2.75) is 18.1 Å². The molecule has 1 aliphatic heterocycles. The first-order valence-electron chi connectivity index (χ1n) is 9.05. The van der Waals surface area contributed by atoms with Gasteiger partial charge in [0.15, 0.2) is 0 Å². The number of nitrogens with one attached hydrogen (secondary N) is 2. The van der Waals surface area contributed by atoms with Crippen LogP contribution < -0.4 is 19.7 Å². The molecule has 2 N–H and O–H groups in total. The molecule has 2 aromatic carbocycles. The third-order valence-corrected chi connectivity index (χ3v) is 5.84. The molecule has 3 rings (SSSR count). The Hall–Kier alpha value is -2.43. The first kappa shape index (κ1) is 21.3. The molecule has 0 amide bonds. The van der Waals surface area contributed by atoms with Crippen LogP contribution in [0.25, 0.3) is 0 Å². The number of sulfonamides is 1. The fraction of sp³-hybridized carbons (Fsp3) is 0.368. The summed E-state index contributed by atoms with van der Waals surface area (Å²) < 4.78 is 63.1. The summed E-state index contributed by atoms with van der Waals surface area (Å²) in [5.74, 6) is -0.246. The maximum absolute atomic E-state index is 12.9. The smallest absolute Gasteiger partial charge is 0.387 e. The number of anilines is 2. The van der Waals surface area contributed by atoms with E-state index in [1.807, 2.05) is 0 Å². The van der Waals surface area contributed by atoms with Crippen LogP contribution in [0.2, 0.25) is 0 Å². The van der Waals surface area contributed by atoms with E-state index in [4.69, 9.17) is 4.74 Å². The quantitative estimate of drug-likeness (QED) is 0.674. The van der Waals surface area contributed by atoms with Crippen molar-refractivity contribution in [3.8, 4) is 5.75 Å². The molecule has 29 heavy (non-hydrogen) atoms. The maximum Gasteiger partial charge on any atom is 0.387 e. The molecule has 0 aliphatic carbocycles. The van der Waals surface area contributed by atoms with E-state index in [-0.39, 0.29) is 16.3 Å². The third kappa shape index (κ3) is 5.34. The van der Waals surface area contributed by atoms with Gasteiger partial charge in [-0.15, -0.1) is 0 Å². The van der Waals surface area contributed by atoms with E-state index >= 15 is 0 Å². The Morgan fingerprint density at radius 3 is 2.59 bits per heavy atom. The van der Waals surface area contributed by atoms with Crippen molar-refractivity contribution in [1.82, 2.24) is 5.32 Å². The minimum Gasteiger partial charge on any atom is -0.433 e. The van der Waals surface area contributed by atoms with Crippen molar-refractivity contribution in [1.29, 1.82) is 0 Å². The molecule has 2 aromatic rings. The average Bonchev–Trinajstić information content (AvgIpc) is 2.70. The molecule has 0 bridgehead atoms. The molecule has 1 fully saturated rings. The number of halogens is 2. The number of hydrogen-bond acceptors (Lipinski definition) is 6. The van der Waals surface area contributed by atoms with Gasteiger partial charge in [-0.2, -0.15) is 8.78 Å². The lowest BCUT2D eigenvalue weighted by Gasteiger charge is -2.31. The molecule has 1 aliphatic rings. The van der Waals surface area contributed by atoms with E-state index < -0.39 is 16.6 Å². The molecule has 158 valence electrons. The molecule has 1 saturated heterocycles. The number of methoxy groups -OCH3 is 1. The highest BCUT2D eigenvalue weighted by Gasteiger charge is 2.22. The topological polar surface area (TPSA) is 79.9 Å². The van der Waals surface area contributed by atoms with Gasteiger partial charge in [-0.25, -0.2) is 8.42 Å². The predicted octanol–water partition coefficient (Wildman–Crippen LogP) is 2.64. The fourth-order valence-corrected chi connectivity index (χ4v) is 4.23. The van der Waals surface area contributed by atoms with E-state index in [0.717, 1.165) is 37.4 Å². The third-order valence-electron chi connectivity index (χ3n) is 4.47. The molecule has 0 unspecified atom stereocenters. The highest BCUT2D eigenvalue weighted by Crippen LogP contribution is 2.30. The SMILES string of the molecule is COCc1ccc(S(=O)(=O)Nc2ccccc2OC(F)F)cc1N1CCNCC1. The largest absolute Gasteiger partial charge is 0.433 e. The van der Waals surface area contributed by atoms with Gasteiger partial charge < -0.3 is 19.7 Å². The van der Waals surface area contributed by atoms with Crippen LogP contribution in [-0.4, -0.2) is 48.3 Å². The average molecular weight is 427 g/mol. The maximum atomic E-state index is 12.9. The minimum absolute atomic E-state index is 0.0257. The van der Waals surface area contributed by atoms with E-state index in [1.54, 1.807) is 19.2 Å². The van der Waals surface area contributed by atoms with Gasteiger partial charge in [-0.1, -0.05) is 18.2 Å². The van der Waals surface area contributed by atoms with Gasteiger partial charge in [0.1, 0.15) is 5.75 Å². The lowest BCUT2D eigenvalue weighted by Crippen LogP contribution is -2.44. The molecule has 7 nitrogen and oxygen atoms in total. The Morgan fingerprint density at radius 2 is 1.90 bits per heavy atom. The number of benzene rings is 2. The molecule has 0 saturated carbocycles. The second-order valence-electron chi connectivity index (χ2n) is 6.44. The summed E-state index contributed by atoms with van der Waals surface area (Å²) in [4.78, 5) is 2.12. The lowest BCUT2D eigenvalue weighted by molar-refractivity contribution is -0.0493. The summed E-state index contributed by atoms with van der Waals surface area (Å²) in [6.07, 6.45) is 0. The Labute approximate surface area is 168 Å². The van der Waals surface area contributed by atoms with Crippen molar-refractivity contribution in [3.63, 3.8) is 0 Å². The summed E-state index contributed by atoms with van der Waals surface area (Å²) in [5, 5.41) is 3.26. The van der Waals surface area contributed by atoms with Crippen molar-refractivity contribution in [2.24, 2.45) is 0 Å². The van der Waals surface area contributed by atoms with E-state index in [1.165, 1.54) is 30.3 Å². The zero-order chi connectivity index (χ0) is 20.9. The van der Waals surface area contributed by atoms with Gasteiger partial charge in [-0.05, 0) is 24.3 Å². The zero-order valence-electron chi connectivity index (χ0n) is 15.9. The number of hydrogen-bond donors (Lipinski definition) is 2. The van der Waals surface area contributed by atoms with Crippen LogP contribution in [0.1, 0.15) is 5.56 Å². The first-order chi connectivity index (χ1) is 13.9. The van der Waals surface area contributed by atoms with Crippen LogP contribution in [-0.2, 0) is 21.4 Å². The Morgan fingerprint density at radius 1 is 1.17 bits per heavy atom. The van der Waals surface area contributed by atoms with Crippen LogP contribution in [0.5, 0.6) is 5.75 Å². The first-order valence-corrected chi connectivity index (χ1v) is 10.5. The molecule has 1 heterocycles. The van der Waals surface area contributed by atoms with Crippen molar-refractivity contribution in [3.05, 3.63) is 48.0 Å². The van der Waals surface area contributed by atoms with Crippen LogP contribution in [0.15, 0.2) is 47.4 Å². The highest BCUT2D eigenvalue weighted by atomic mass is 32.2. The van der Waals surface area contributed by atoms with Crippen molar-refractivity contribution in [2.75, 3.05) is 42.9 Å². The molecule has 0 atom stereocenters. The highest BCUT2D eigenvalue weighted by molar-refractivity contribution is 7.92. The van der Waals surface area contributed by atoms with Crippen molar-refractivity contribution < 1.29 is 26.7 Å². The van der Waals surface area contributed by atoms with Gasteiger partial charge in [-0.3, -0.25) is 4.72 Å². The van der Waals surface area contributed by atoms with Gasteiger partial charge in [0, 0.05) is 44.5 Å². The van der Waals surface area contributed by atoms with Crippen LogP contribution in [0, 0.1) is 0 Å². The number of piperazine rings is 1. The number of para-hydroxylation sites is 2. The summed E-state index contributed by atoms with van der Waals surface area (Å²) in [5.41, 5.74) is 1.58. The van der Waals surface area contributed by atoms with Crippen LogP contribution in [0.3, 0.4) is 0 Å². The number of ether oxygens (including phenoxy) is 2. The van der Waals surface area contributed by atoms with E-state index in [2.05, 4.69) is 19.7 Å².